The summed E-state index contributed by atoms with van der Waals surface area (Å²) in [5, 5.41) is 12.3. The second-order valence-electron chi connectivity index (χ2n) is 3.97. The molecule has 2 heterocycles. The first-order valence-electron chi connectivity index (χ1n) is 5.76. The summed E-state index contributed by atoms with van der Waals surface area (Å²) >= 11 is 2.85. The van der Waals surface area contributed by atoms with Crippen molar-refractivity contribution in [2.24, 2.45) is 0 Å². The molecule has 0 aliphatic heterocycles. The van der Waals surface area contributed by atoms with Gasteiger partial charge in [-0.2, -0.15) is 0 Å². The van der Waals surface area contributed by atoms with E-state index in [1.165, 1.54) is 29.4 Å². The zero-order valence-electron chi connectivity index (χ0n) is 10.2. The Bertz CT molecular complexity index is 768. The molecule has 7 heteroatoms. The van der Waals surface area contributed by atoms with Gasteiger partial charge in [0.1, 0.15) is 11.4 Å². The van der Waals surface area contributed by atoms with Gasteiger partial charge < -0.3 is 5.11 Å². The average molecular weight is 303 g/mol. The van der Waals surface area contributed by atoms with E-state index >= 15 is 0 Å². The molecule has 100 valence electrons. The van der Waals surface area contributed by atoms with E-state index in [-0.39, 0.29) is 6.42 Å². The number of benzene rings is 1. The molecule has 3 rings (SSSR count). The first-order chi connectivity index (χ1) is 9.72. The van der Waals surface area contributed by atoms with Gasteiger partial charge in [-0.15, -0.1) is 11.3 Å². The minimum absolute atomic E-state index is 0.0540. The van der Waals surface area contributed by atoms with Crippen molar-refractivity contribution in [2.75, 3.05) is 0 Å². The number of hydrogen-bond donors (Lipinski definition) is 1. The largest absolute Gasteiger partial charge is 0.481 e. The van der Waals surface area contributed by atoms with Crippen molar-refractivity contribution >= 4 is 40.0 Å². The van der Waals surface area contributed by atoms with Crippen LogP contribution in [0, 0.1) is 0 Å². The molecule has 0 saturated carbocycles. The molecule has 2 aromatic heterocycles. The number of aromatic nitrogens is 3. The van der Waals surface area contributed by atoms with Gasteiger partial charge >= 0.3 is 5.97 Å². The molecule has 5 nitrogen and oxygen atoms in total. The van der Waals surface area contributed by atoms with Crippen molar-refractivity contribution in [3.05, 3.63) is 41.7 Å². The lowest BCUT2D eigenvalue weighted by atomic mass is 10.2. The zero-order valence-corrected chi connectivity index (χ0v) is 11.8. The second kappa shape index (κ2) is 5.56. The number of thiazole rings is 1. The molecule has 0 aliphatic rings. The van der Waals surface area contributed by atoms with Crippen molar-refractivity contribution in [2.45, 2.75) is 15.8 Å². The van der Waals surface area contributed by atoms with Crippen LogP contribution in [0.4, 0.5) is 0 Å². The number of rotatable bonds is 4. The highest BCUT2D eigenvalue weighted by atomic mass is 32.2. The van der Waals surface area contributed by atoms with Crippen LogP contribution < -0.4 is 0 Å². The Hall–Kier alpha value is -1.99. The number of fused-ring (bicyclic) bond motifs is 1. The Labute approximate surface area is 122 Å². The molecule has 0 bridgehead atoms. The zero-order chi connectivity index (χ0) is 13.9. The van der Waals surface area contributed by atoms with Crippen LogP contribution in [0.3, 0.4) is 0 Å². The summed E-state index contributed by atoms with van der Waals surface area (Å²) in [5.74, 6) is -0.876. The summed E-state index contributed by atoms with van der Waals surface area (Å²) < 4.78 is 0.783. The Morgan fingerprint density at radius 2 is 2.15 bits per heavy atom. The van der Waals surface area contributed by atoms with E-state index in [1.807, 2.05) is 24.3 Å². The molecular formula is C13H9N3O2S2. The first-order valence-corrected chi connectivity index (χ1v) is 7.46. The van der Waals surface area contributed by atoms with Crippen LogP contribution in [-0.2, 0) is 11.2 Å². The monoisotopic (exact) mass is 303 g/mol. The molecule has 0 spiro atoms. The van der Waals surface area contributed by atoms with Crippen molar-refractivity contribution in [1.29, 1.82) is 0 Å². The van der Waals surface area contributed by atoms with Gasteiger partial charge in [0, 0.05) is 10.8 Å². The fourth-order valence-corrected chi connectivity index (χ4v) is 3.54. The third-order valence-corrected chi connectivity index (χ3v) is 4.56. The number of carboxylic acid groups (broad SMARTS) is 1. The van der Waals surface area contributed by atoms with E-state index in [9.17, 15) is 4.79 Å². The maximum Gasteiger partial charge on any atom is 0.309 e. The third kappa shape index (κ3) is 2.78. The van der Waals surface area contributed by atoms with E-state index in [0.717, 1.165) is 20.3 Å². The molecule has 0 aliphatic carbocycles. The second-order valence-corrected chi connectivity index (χ2v) is 6.07. The summed E-state index contributed by atoms with van der Waals surface area (Å²) in [5.41, 5.74) is 1.45. The Morgan fingerprint density at radius 3 is 3.00 bits per heavy atom. The Kier molecular flexibility index (Phi) is 3.62. The lowest BCUT2D eigenvalue weighted by Crippen LogP contribution is -1.99. The van der Waals surface area contributed by atoms with Crippen LogP contribution in [0.5, 0.6) is 0 Å². The predicted octanol–water partition coefficient (Wildman–Crippen LogP) is 2.86. The first kappa shape index (κ1) is 13.0. The maximum absolute atomic E-state index is 10.6. The van der Waals surface area contributed by atoms with Gasteiger partial charge in [-0.1, -0.05) is 18.2 Å². The molecule has 0 atom stereocenters. The molecule has 0 fully saturated rings. The van der Waals surface area contributed by atoms with Gasteiger partial charge in [-0.05, 0) is 17.8 Å². The van der Waals surface area contributed by atoms with Crippen molar-refractivity contribution in [3.8, 4) is 0 Å². The smallest absolute Gasteiger partial charge is 0.309 e. The number of aliphatic carboxylic acids is 1. The summed E-state index contributed by atoms with van der Waals surface area (Å²) in [7, 11) is 0. The predicted molar refractivity (Wildman–Crippen MR) is 77.1 cm³/mol. The molecule has 0 unspecified atom stereocenters. The minimum atomic E-state index is -0.876. The topological polar surface area (TPSA) is 76.0 Å². The summed E-state index contributed by atoms with van der Waals surface area (Å²) in [6, 6.07) is 7.76. The van der Waals surface area contributed by atoms with Crippen molar-refractivity contribution in [1.82, 2.24) is 15.0 Å². The molecular weight excluding hydrogens is 294 g/mol. The molecule has 1 aromatic carbocycles. The minimum Gasteiger partial charge on any atom is -0.481 e. The summed E-state index contributed by atoms with van der Waals surface area (Å²) in [6.45, 7) is 0. The van der Waals surface area contributed by atoms with Crippen LogP contribution in [-0.4, -0.2) is 26.0 Å². The average Bonchev–Trinajstić information content (AvgIpc) is 2.86. The number of nitrogens with zero attached hydrogens (tertiary/aromatic N) is 3. The highest BCUT2D eigenvalue weighted by molar-refractivity contribution is 8.01. The fourth-order valence-electron chi connectivity index (χ4n) is 1.72. The molecule has 3 aromatic rings. The quantitative estimate of drug-likeness (QED) is 0.747. The highest BCUT2D eigenvalue weighted by Gasteiger charge is 2.10. The van der Waals surface area contributed by atoms with E-state index < -0.39 is 5.97 Å². The van der Waals surface area contributed by atoms with E-state index in [2.05, 4.69) is 15.0 Å². The van der Waals surface area contributed by atoms with Gasteiger partial charge in [-0.3, -0.25) is 4.79 Å². The van der Waals surface area contributed by atoms with Crippen LogP contribution in [0.2, 0.25) is 0 Å². The van der Waals surface area contributed by atoms with Crippen LogP contribution in [0.15, 0.2) is 45.3 Å². The SMILES string of the molecule is O=C(O)Cc1csc(Sc2ncnc3ccccc23)n1. The van der Waals surface area contributed by atoms with E-state index in [4.69, 9.17) is 5.11 Å². The van der Waals surface area contributed by atoms with Crippen LogP contribution in [0.1, 0.15) is 5.69 Å². The van der Waals surface area contributed by atoms with Crippen molar-refractivity contribution < 1.29 is 9.90 Å². The van der Waals surface area contributed by atoms with Gasteiger partial charge in [0.05, 0.1) is 17.6 Å². The number of carboxylic acids is 1. The maximum atomic E-state index is 10.6. The lowest BCUT2D eigenvalue weighted by Gasteiger charge is -2.01. The van der Waals surface area contributed by atoms with Gasteiger partial charge in [0.15, 0.2) is 4.34 Å². The van der Waals surface area contributed by atoms with Gasteiger partial charge in [0.25, 0.3) is 0 Å². The lowest BCUT2D eigenvalue weighted by molar-refractivity contribution is -0.136. The van der Waals surface area contributed by atoms with Crippen LogP contribution in [0.25, 0.3) is 10.9 Å². The number of para-hydroxylation sites is 1. The number of hydrogen-bond acceptors (Lipinski definition) is 6. The molecule has 1 N–H and O–H groups in total. The highest BCUT2D eigenvalue weighted by Crippen LogP contribution is 2.32. The van der Waals surface area contributed by atoms with E-state index in [1.54, 1.807) is 5.38 Å². The van der Waals surface area contributed by atoms with E-state index in [0.29, 0.717) is 5.69 Å². The number of carbonyl (C=O) groups is 1. The van der Waals surface area contributed by atoms with Gasteiger partial charge in [0.2, 0.25) is 0 Å². The Balaban J connectivity index is 1.89. The van der Waals surface area contributed by atoms with Gasteiger partial charge in [-0.25, -0.2) is 15.0 Å². The van der Waals surface area contributed by atoms with Crippen LogP contribution >= 0.6 is 23.1 Å². The normalized spacial score (nSPS) is 10.8. The Morgan fingerprint density at radius 1 is 1.30 bits per heavy atom. The third-order valence-electron chi connectivity index (χ3n) is 2.55. The van der Waals surface area contributed by atoms with Crippen molar-refractivity contribution in [3.63, 3.8) is 0 Å². The molecule has 0 radical (unpaired) electrons. The molecule has 20 heavy (non-hydrogen) atoms. The summed E-state index contributed by atoms with van der Waals surface area (Å²) in [4.78, 5) is 23.4. The molecule has 0 amide bonds. The summed E-state index contributed by atoms with van der Waals surface area (Å²) in [6.07, 6.45) is 1.47. The fraction of sp³-hybridized carbons (Fsp3) is 0.0769. The standard InChI is InChI=1S/C13H9N3O2S2/c17-11(18)5-8-6-19-13(16-8)20-12-9-3-1-2-4-10(9)14-7-15-12/h1-4,6-7H,5H2,(H,17,18). The molecule has 0 saturated heterocycles.